The first-order valence-corrected chi connectivity index (χ1v) is 6.77. The molecule has 2 unspecified atom stereocenters. The van der Waals surface area contributed by atoms with Crippen molar-refractivity contribution in [2.24, 2.45) is 5.73 Å². The first-order chi connectivity index (χ1) is 8.09. The summed E-state index contributed by atoms with van der Waals surface area (Å²) >= 11 is 6.38. The lowest BCUT2D eigenvalue weighted by Gasteiger charge is -2.28. The molecular weight excluding hydrogens is 232 g/mol. The summed E-state index contributed by atoms with van der Waals surface area (Å²) < 4.78 is 0. The number of para-hydroxylation sites is 1. The Balaban J connectivity index is 2.36. The maximum atomic E-state index is 6.38. The monoisotopic (exact) mass is 252 g/mol. The number of rotatable bonds is 3. The Labute approximate surface area is 109 Å². The van der Waals surface area contributed by atoms with E-state index in [1.165, 1.54) is 24.1 Å². The third-order valence-electron chi connectivity index (χ3n) is 3.45. The Morgan fingerprint density at radius 1 is 1.53 bits per heavy atom. The van der Waals surface area contributed by atoms with Gasteiger partial charge in [0.25, 0.3) is 0 Å². The maximum Gasteiger partial charge on any atom is 0.0642 e. The highest BCUT2D eigenvalue weighted by atomic mass is 35.5. The highest BCUT2D eigenvalue weighted by Crippen LogP contribution is 2.35. The fourth-order valence-electron chi connectivity index (χ4n) is 2.66. The van der Waals surface area contributed by atoms with Gasteiger partial charge < -0.3 is 10.6 Å². The number of hydrogen-bond donors (Lipinski definition) is 1. The molecule has 1 saturated heterocycles. The molecule has 17 heavy (non-hydrogen) atoms. The summed E-state index contributed by atoms with van der Waals surface area (Å²) in [7, 11) is 0. The molecule has 2 atom stereocenters. The minimum atomic E-state index is 0.171. The van der Waals surface area contributed by atoms with Crippen LogP contribution in [0.5, 0.6) is 0 Å². The fraction of sp³-hybridized carbons (Fsp3) is 0.571. The van der Waals surface area contributed by atoms with E-state index >= 15 is 0 Å². The Morgan fingerprint density at radius 2 is 2.29 bits per heavy atom. The van der Waals surface area contributed by atoms with Crippen molar-refractivity contribution in [2.45, 2.75) is 45.2 Å². The van der Waals surface area contributed by atoms with Crippen molar-refractivity contribution >= 4 is 17.3 Å². The Kier molecular flexibility index (Phi) is 3.95. The molecule has 3 heteroatoms. The highest BCUT2D eigenvalue weighted by molar-refractivity contribution is 6.33. The number of hydrogen-bond acceptors (Lipinski definition) is 2. The Morgan fingerprint density at radius 3 is 2.88 bits per heavy atom. The van der Waals surface area contributed by atoms with E-state index in [0.717, 1.165) is 18.0 Å². The predicted molar refractivity (Wildman–Crippen MR) is 74.8 cm³/mol. The molecule has 1 aliphatic heterocycles. The van der Waals surface area contributed by atoms with Crippen LogP contribution in [0, 0.1) is 0 Å². The minimum Gasteiger partial charge on any atom is -0.367 e. The van der Waals surface area contributed by atoms with Crippen LogP contribution in [0.3, 0.4) is 0 Å². The molecule has 1 heterocycles. The summed E-state index contributed by atoms with van der Waals surface area (Å²) in [6, 6.07) is 6.90. The van der Waals surface area contributed by atoms with Crippen molar-refractivity contribution in [3.8, 4) is 0 Å². The van der Waals surface area contributed by atoms with Crippen LogP contribution in [0.15, 0.2) is 18.2 Å². The lowest BCUT2D eigenvalue weighted by atomic mass is 10.0. The first kappa shape index (κ1) is 12.7. The second kappa shape index (κ2) is 5.28. The number of benzene rings is 1. The van der Waals surface area contributed by atoms with Crippen LogP contribution >= 0.6 is 11.6 Å². The zero-order chi connectivity index (χ0) is 12.4. The summed E-state index contributed by atoms with van der Waals surface area (Å²) in [5.41, 5.74) is 8.40. The van der Waals surface area contributed by atoms with Crippen molar-refractivity contribution in [3.05, 3.63) is 28.8 Å². The van der Waals surface area contributed by atoms with Gasteiger partial charge in [-0.3, -0.25) is 0 Å². The second-order valence-corrected chi connectivity index (χ2v) is 5.52. The summed E-state index contributed by atoms with van der Waals surface area (Å²) in [5, 5.41) is 0.858. The van der Waals surface area contributed by atoms with Gasteiger partial charge in [-0.1, -0.05) is 23.7 Å². The maximum absolute atomic E-state index is 6.38. The van der Waals surface area contributed by atoms with Crippen LogP contribution in [0.25, 0.3) is 0 Å². The molecule has 0 spiro atoms. The zero-order valence-corrected chi connectivity index (χ0v) is 11.4. The van der Waals surface area contributed by atoms with Crippen molar-refractivity contribution in [3.63, 3.8) is 0 Å². The second-order valence-electron chi connectivity index (χ2n) is 5.11. The number of halogens is 1. The van der Waals surface area contributed by atoms with Gasteiger partial charge in [0.1, 0.15) is 0 Å². The van der Waals surface area contributed by atoms with Gasteiger partial charge in [-0.05, 0) is 44.7 Å². The molecule has 0 amide bonds. The molecule has 0 bridgehead atoms. The van der Waals surface area contributed by atoms with E-state index in [2.05, 4.69) is 17.9 Å². The molecule has 0 aromatic heterocycles. The lowest BCUT2D eigenvalue weighted by molar-refractivity contribution is 0.712. The predicted octanol–water partition coefficient (Wildman–Crippen LogP) is 3.22. The van der Waals surface area contributed by atoms with Gasteiger partial charge in [0.05, 0.1) is 10.7 Å². The van der Waals surface area contributed by atoms with Crippen LogP contribution in [0.4, 0.5) is 5.69 Å². The number of anilines is 1. The molecular formula is C14H21ClN2. The Hall–Kier alpha value is -0.730. The zero-order valence-electron chi connectivity index (χ0n) is 10.6. The standard InChI is InChI=1S/C14H21ClN2/c1-10(16)9-12-6-3-7-13(15)14(12)17-8-4-5-11(17)2/h3,6-7,10-11H,4-5,8-9,16H2,1-2H3. The smallest absolute Gasteiger partial charge is 0.0642 e. The van der Waals surface area contributed by atoms with E-state index < -0.39 is 0 Å². The molecule has 2 rings (SSSR count). The minimum absolute atomic E-state index is 0.171. The Bertz CT molecular complexity index is 390. The van der Waals surface area contributed by atoms with Gasteiger partial charge in [0, 0.05) is 18.6 Å². The summed E-state index contributed by atoms with van der Waals surface area (Å²) in [6.45, 7) is 5.42. The van der Waals surface area contributed by atoms with Gasteiger partial charge in [0.15, 0.2) is 0 Å². The number of nitrogens with two attached hydrogens (primary N) is 1. The normalized spacial score (nSPS) is 21.9. The van der Waals surface area contributed by atoms with E-state index in [1.54, 1.807) is 0 Å². The van der Waals surface area contributed by atoms with Gasteiger partial charge >= 0.3 is 0 Å². The van der Waals surface area contributed by atoms with E-state index in [1.807, 2.05) is 19.1 Å². The topological polar surface area (TPSA) is 29.3 Å². The molecule has 0 radical (unpaired) electrons. The SMILES string of the molecule is CC(N)Cc1cccc(Cl)c1N1CCCC1C. The summed E-state index contributed by atoms with van der Waals surface area (Å²) in [6.07, 6.45) is 3.39. The van der Waals surface area contributed by atoms with Crippen molar-refractivity contribution in [1.82, 2.24) is 0 Å². The van der Waals surface area contributed by atoms with Gasteiger partial charge in [-0.2, -0.15) is 0 Å². The average molecular weight is 253 g/mol. The van der Waals surface area contributed by atoms with Crippen LogP contribution in [0.1, 0.15) is 32.3 Å². The molecule has 1 aromatic carbocycles. The largest absolute Gasteiger partial charge is 0.367 e. The van der Waals surface area contributed by atoms with E-state index in [0.29, 0.717) is 6.04 Å². The van der Waals surface area contributed by atoms with E-state index in [-0.39, 0.29) is 6.04 Å². The average Bonchev–Trinajstić information content (AvgIpc) is 2.64. The fourth-order valence-corrected chi connectivity index (χ4v) is 2.96. The van der Waals surface area contributed by atoms with Crippen LogP contribution in [-0.2, 0) is 6.42 Å². The van der Waals surface area contributed by atoms with Gasteiger partial charge in [-0.25, -0.2) is 0 Å². The third-order valence-corrected chi connectivity index (χ3v) is 3.76. The summed E-state index contributed by atoms with van der Waals surface area (Å²) in [4.78, 5) is 2.43. The van der Waals surface area contributed by atoms with Crippen LogP contribution in [0.2, 0.25) is 5.02 Å². The van der Waals surface area contributed by atoms with Crippen LogP contribution < -0.4 is 10.6 Å². The van der Waals surface area contributed by atoms with Crippen molar-refractivity contribution in [2.75, 3.05) is 11.4 Å². The quantitative estimate of drug-likeness (QED) is 0.895. The van der Waals surface area contributed by atoms with Gasteiger partial charge in [0.2, 0.25) is 0 Å². The molecule has 94 valence electrons. The molecule has 1 fully saturated rings. The van der Waals surface area contributed by atoms with E-state index in [4.69, 9.17) is 17.3 Å². The van der Waals surface area contributed by atoms with Crippen molar-refractivity contribution < 1.29 is 0 Å². The van der Waals surface area contributed by atoms with Crippen molar-refractivity contribution in [1.29, 1.82) is 0 Å². The third kappa shape index (κ3) is 2.75. The summed E-state index contributed by atoms with van der Waals surface area (Å²) in [5.74, 6) is 0. The molecule has 0 saturated carbocycles. The van der Waals surface area contributed by atoms with Crippen LogP contribution in [-0.4, -0.2) is 18.6 Å². The lowest BCUT2D eigenvalue weighted by Crippen LogP contribution is -2.29. The van der Waals surface area contributed by atoms with Gasteiger partial charge in [-0.15, -0.1) is 0 Å². The number of nitrogens with zero attached hydrogens (tertiary/aromatic N) is 1. The molecule has 1 aromatic rings. The molecule has 2 N–H and O–H groups in total. The van der Waals surface area contributed by atoms with E-state index in [9.17, 15) is 0 Å². The molecule has 0 aliphatic carbocycles. The molecule has 1 aliphatic rings. The molecule has 2 nitrogen and oxygen atoms in total. The highest BCUT2D eigenvalue weighted by Gasteiger charge is 2.24. The first-order valence-electron chi connectivity index (χ1n) is 6.39.